The van der Waals surface area contributed by atoms with Crippen molar-refractivity contribution in [2.24, 2.45) is 0 Å². The van der Waals surface area contributed by atoms with Gasteiger partial charge in [0.1, 0.15) is 18.5 Å². The van der Waals surface area contributed by atoms with Crippen LogP contribution in [0.15, 0.2) is 36.7 Å². The van der Waals surface area contributed by atoms with Gasteiger partial charge in [-0.1, -0.05) is 41.4 Å². The average Bonchev–Trinajstić information content (AvgIpc) is 2.83. The first-order valence-corrected chi connectivity index (χ1v) is 13.1. The predicted octanol–water partition coefficient (Wildman–Crippen LogP) is 2.02. The number of carbonyl (C=O) groups excluding carboxylic acids is 1. The van der Waals surface area contributed by atoms with E-state index in [0.717, 1.165) is 56.2 Å². The average molecular weight is 490 g/mol. The summed E-state index contributed by atoms with van der Waals surface area (Å²) in [5, 5.41) is 3.34. The Balaban J connectivity index is 0.000000751. The predicted molar refractivity (Wildman–Crippen MR) is 129 cm³/mol. The number of benzene rings is 1. The smallest absolute Gasteiger partial charge is 0.226 e. The van der Waals surface area contributed by atoms with Crippen molar-refractivity contribution in [3.63, 3.8) is 0 Å². The normalized spacial score (nSPS) is 17.9. The van der Waals surface area contributed by atoms with Crippen LogP contribution in [-0.4, -0.2) is 74.2 Å². The summed E-state index contributed by atoms with van der Waals surface area (Å²) < 4.78 is 30.3. The van der Waals surface area contributed by atoms with Crippen molar-refractivity contribution in [2.75, 3.05) is 32.4 Å². The van der Waals surface area contributed by atoms with Gasteiger partial charge in [0, 0.05) is 25.9 Å². The molecule has 2 aliphatic heterocycles. The Labute approximate surface area is 203 Å². The van der Waals surface area contributed by atoms with Crippen molar-refractivity contribution >= 4 is 17.0 Å². The van der Waals surface area contributed by atoms with E-state index in [2.05, 4.69) is 15.3 Å². The Morgan fingerprint density at radius 1 is 1.06 bits per heavy atom. The number of hydrogen-bond donors (Lipinski definition) is 1. The topological polar surface area (TPSA) is 117 Å². The zero-order valence-corrected chi connectivity index (χ0v) is 20.6. The van der Waals surface area contributed by atoms with Crippen LogP contribution >= 0.6 is 0 Å². The molecule has 1 unspecified atom stereocenters. The van der Waals surface area contributed by atoms with E-state index in [-0.39, 0.29) is 18.1 Å². The molecular weight excluding hydrogens is 456 g/mol. The van der Waals surface area contributed by atoms with Crippen LogP contribution in [-0.2, 0) is 22.3 Å². The second-order valence-electron chi connectivity index (χ2n) is 8.44. The van der Waals surface area contributed by atoms with Crippen molar-refractivity contribution in [2.45, 2.75) is 51.2 Å². The van der Waals surface area contributed by atoms with Crippen LogP contribution in [0.4, 0.5) is 0 Å². The summed E-state index contributed by atoms with van der Waals surface area (Å²) in [5.41, 5.74) is 1.90. The Morgan fingerprint density at radius 2 is 1.59 bits per heavy atom. The van der Waals surface area contributed by atoms with Crippen molar-refractivity contribution in [3.8, 4) is 11.8 Å². The monoisotopic (exact) mass is 489 g/mol. The Morgan fingerprint density at radius 3 is 2.15 bits per heavy atom. The molecule has 1 aromatic carbocycles. The van der Waals surface area contributed by atoms with Crippen molar-refractivity contribution in [1.82, 2.24) is 20.2 Å². The van der Waals surface area contributed by atoms with Crippen molar-refractivity contribution < 1.29 is 23.0 Å². The molecular formula is C24H33N4O5S-. The number of nitrogens with zero attached hydrogens (tertiary/aromatic N) is 3. The summed E-state index contributed by atoms with van der Waals surface area (Å²) in [6.45, 7) is 5.31. The Kier molecular flexibility index (Phi) is 10.2. The number of piperidine rings is 2. The summed E-state index contributed by atoms with van der Waals surface area (Å²) in [5.74, 6) is 1.38. The summed E-state index contributed by atoms with van der Waals surface area (Å²) in [4.78, 5) is 23.1. The third-order valence-electron chi connectivity index (χ3n) is 5.83. The second-order valence-corrected chi connectivity index (χ2v) is 9.24. The molecule has 1 atom stereocenters. The zero-order chi connectivity index (χ0) is 24.3. The molecule has 2 aromatic rings. The lowest BCUT2D eigenvalue weighted by molar-refractivity contribution is -0.132. The number of aromatic nitrogens is 2. The molecule has 1 amide bonds. The molecule has 1 aromatic heterocycles. The van der Waals surface area contributed by atoms with Gasteiger partial charge in [0.25, 0.3) is 0 Å². The third kappa shape index (κ3) is 8.34. The second kappa shape index (κ2) is 13.4. The van der Waals surface area contributed by atoms with Gasteiger partial charge in [-0.25, -0.2) is 9.97 Å². The fourth-order valence-electron chi connectivity index (χ4n) is 3.99. The maximum Gasteiger partial charge on any atom is 0.226 e. The largest absolute Gasteiger partial charge is 0.773 e. The molecule has 1 N–H and O–H groups in total. The van der Waals surface area contributed by atoms with E-state index in [0.29, 0.717) is 31.3 Å². The molecule has 2 aliphatic rings. The highest BCUT2D eigenvalue weighted by Gasteiger charge is 2.25. The number of ether oxygens (including phenoxy) is 2. The molecule has 34 heavy (non-hydrogen) atoms. The van der Waals surface area contributed by atoms with Gasteiger partial charge < -0.3 is 24.2 Å². The number of amides is 1. The summed E-state index contributed by atoms with van der Waals surface area (Å²) in [7, 11) is 0. The lowest BCUT2D eigenvalue weighted by atomic mass is 10.1. The quantitative estimate of drug-likeness (QED) is 0.613. The molecule has 0 saturated carbocycles. The number of nitrogens with one attached hydrogen (secondary N) is 1. The molecule has 0 radical (unpaired) electrons. The maximum atomic E-state index is 12.6. The molecule has 186 valence electrons. The molecule has 10 heteroatoms. The van der Waals surface area contributed by atoms with E-state index in [4.69, 9.17) is 18.2 Å². The zero-order valence-electron chi connectivity index (χ0n) is 19.8. The van der Waals surface area contributed by atoms with Crippen LogP contribution in [0.1, 0.15) is 36.8 Å². The minimum Gasteiger partial charge on any atom is -0.773 e. The highest BCUT2D eigenvalue weighted by atomic mass is 32.2. The standard InChI is InChI=1S/C23H30N4O3.CH4O2S/c1-17-22(29-19-7-11-24-12-8-19)25-16-26-23(17)30-20-9-13-27(14-10-20)21(28)15-18-5-3-2-4-6-18;1-4(2)3/h2-6,16,19-20,24H,7-15H2,1H3;1H3,(H,2,3)/p-1. The summed E-state index contributed by atoms with van der Waals surface area (Å²) in [6.07, 6.45) is 6.84. The van der Waals surface area contributed by atoms with Crippen molar-refractivity contribution in [3.05, 3.63) is 47.8 Å². The van der Waals surface area contributed by atoms with E-state index in [1.807, 2.05) is 42.2 Å². The Hall–Kier alpha value is -2.56. The van der Waals surface area contributed by atoms with Crippen molar-refractivity contribution in [1.29, 1.82) is 0 Å². The van der Waals surface area contributed by atoms with Crippen LogP contribution in [0.2, 0.25) is 0 Å². The Bertz CT molecular complexity index is 928. The highest BCUT2D eigenvalue weighted by Crippen LogP contribution is 2.27. The minimum absolute atomic E-state index is 0.0473. The molecule has 0 spiro atoms. The van der Waals surface area contributed by atoms with Gasteiger partial charge in [-0.2, -0.15) is 0 Å². The lowest BCUT2D eigenvalue weighted by Gasteiger charge is -2.32. The SMILES string of the molecule is CS(=O)[O-].Cc1c(OC2CCNCC2)ncnc1OC1CCN(C(=O)Cc2ccccc2)CC1. The molecule has 3 heterocycles. The van der Waals surface area contributed by atoms with E-state index < -0.39 is 11.1 Å². The van der Waals surface area contributed by atoms with Gasteiger partial charge in [0.2, 0.25) is 17.7 Å². The third-order valence-corrected chi connectivity index (χ3v) is 5.83. The summed E-state index contributed by atoms with van der Waals surface area (Å²) in [6, 6.07) is 9.89. The molecule has 4 rings (SSSR count). The lowest BCUT2D eigenvalue weighted by Crippen LogP contribution is -2.42. The van der Waals surface area contributed by atoms with E-state index in [9.17, 15) is 4.79 Å². The number of rotatable bonds is 6. The maximum absolute atomic E-state index is 12.6. The number of carbonyl (C=O) groups is 1. The first-order chi connectivity index (χ1) is 16.4. The highest BCUT2D eigenvalue weighted by molar-refractivity contribution is 7.78. The van der Waals surface area contributed by atoms with Gasteiger partial charge >= 0.3 is 0 Å². The van der Waals surface area contributed by atoms with E-state index >= 15 is 0 Å². The fourth-order valence-corrected chi connectivity index (χ4v) is 3.99. The fraction of sp³-hybridized carbons (Fsp3) is 0.542. The minimum atomic E-state index is -1.86. The first kappa shape index (κ1) is 26.1. The van der Waals surface area contributed by atoms with Gasteiger partial charge in [-0.05, 0) is 44.7 Å². The molecule has 0 aliphatic carbocycles. The van der Waals surface area contributed by atoms with Crippen LogP contribution in [0.25, 0.3) is 0 Å². The van der Waals surface area contributed by atoms with Gasteiger partial charge in [-0.15, -0.1) is 0 Å². The van der Waals surface area contributed by atoms with Gasteiger partial charge in [0.15, 0.2) is 0 Å². The molecule has 2 saturated heterocycles. The number of likely N-dealkylation sites (tertiary alicyclic amines) is 1. The van der Waals surface area contributed by atoms with Crippen LogP contribution < -0.4 is 14.8 Å². The van der Waals surface area contributed by atoms with Crippen LogP contribution in [0, 0.1) is 6.92 Å². The first-order valence-electron chi connectivity index (χ1n) is 11.6. The molecule has 0 bridgehead atoms. The summed E-state index contributed by atoms with van der Waals surface area (Å²) >= 11 is -1.86. The van der Waals surface area contributed by atoms with Crippen LogP contribution in [0.3, 0.4) is 0 Å². The van der Waals surface area contributed by atoms with Gasteiger partial charge in [-0.3, -0.25) is 9.00 Å². The molecule has 9 nitrogen and oxygen atoms in total. The van der Waals surface area contributed by atoms with E-state index in [1.54, 1.807) is 0 Å². The van der Waals surface area contributed by atoms with E-state index in [1.165, 1.54) is 6.33 Å². The van der Waals surface area contributed by atoms with Crippen LogP contribution in [0.5, 0.6) is 11.8 Å². The van der Waals surface area contributed by atoms with Gasteiger partial charge in [0.05, 0.1) is 12.0 Å². The number of hydrogen-bond acceptors (Lipinski definition) is 8. The molecule has 2 fully saturated rings.